The molecule has 0 aromatic rings. The van der Waals surface area contributed by atoms with E-state index in [0.29, 0.717) is 5.92 Å². The molecule has 0 aromatic carbocycles. The topological polar surface area (TPSA) is 84.7 Å². The van der Waals surface area contributed by atoms with E-state index in [1.54, 1.807) is 0 Å². The van der Waals surface area contributed by atoms with Crippen LogP contribution in [-0.2, 0) is 9.53 Å². The molecule has 138 valence electrons. The van der Waals surface area contributed by atoms with E-state index in [2.05, 4.69) is 12.2 Å². The number of ether oxygens (including phenoxy) is 1. The van der Waals surface area contributed by atoms with E-state index in [0.717, 1.165) is 45.1 Å². The van der Waals surface area contributed by atoms with Gasteiger partial charge in [0.25, 0.3) is 0 Å². The van der Waals surface area contributed by atoms with E-state index in [9.17, 15) is 9.59 Å². The van der Waals surface area contributed by atoms with Gasteiger partial charge in [-0.1, -0.05) is 13.3 Å². The van der Waals surface area contributed by atoms with Crippen molar-refractivity contribution in [1.82, 2.24) is 10.2 Å². The third-order valence-electron chi connectivity index (χ3n) is 5.00. The maximum Gasteiger partial charge on any atom is 0.407 e. The van der Waals surface area contributed by atoms with Gasteiger partial charge in [-0.15, -0.1) is 0 Å². The van der Waals surface area contributed by atoms with Gasteiger partial charge in [0.1, 0.15) is 5.60 Å². The smallest absolute Gasteiger partial charge is 0.407 e. The van der Waals surface area contributed by atoms with E-state index in [1.165, 1.54) is 0 Å². The van der Waals surface area contributed by atoms with Crippen molar-refractivity contribution in [2.75, 3.05) is 6.54 Å². The van der Waals surface area contributed by atoms with Crippen molar-refractivity contribution in [2.45, 2.75) is 89.9 Å². The summed E-state index contributed by atoms with van der Waals surface area (Å²) in [6.45, 7) is 8.54. The van der Waals surface area contributed by atoms with Gasteiger partial charge in [-0.05, 0) is 58.8 Å². The summed E-state index contributed by atoms with van der Waals surface area (Å²) in [5, 5.41) is 3.01. The predicted molar refractivity (Wildman–Crippen MR) is 93.5 cm³/mol. The molecule has 0 spiro atoms. The van der Waals surface area contributed by atoms with Gasteiger partial charge in [-0.2, -0.15) is 0 Å². The number of nitrogens with two attached hydrogens (primary N) is 1. The Morgan fingerprint density at radius 2 is 2.04 bits per heavy atom. The van der Waals surface area contributed by atoms with E-state index < -0.39 is 5.60 Å². The fraction of sp³-hybridized carbons (Fsp3) is 0.889. The zero-order chi connectivity index (χ0) is 17.9. The summed E-state index contributed by atoms with van der Waals surface area (Å²) in [6.07, 6.45) is 5.25. The highest BCUT2D eigenvalue weighted by molar-refractivity contribution is 5.84. The van der Waals surface area contributed by atoms with Gasteiger partial charge in [-0.25, -0.2) is 4.79 Å². The summed E-state index contributed by atoms with van der Waals surface area (Å²) in [7, 11) is 0. The van der Waals surface area contributed by atoms with Crippen molar-refractivity contribution >= 4 is 12.0 Å². The Labute approximate surface area is 145 Å². The Morgan fingerprint density at radius 3 is 2.58 bits per heavy atom. The van der Waals surface area contributed by atoms with Gasteiger partial charge in [0.2, 0.25) is 5.91 Å². The highest BCUT2D eigenvalue weighted by Crippen LogP contribution is 2.34. The highest BCUT2D eigenvalue weighted by atomic mass is 16.6. The van der Waals surface area contributed by atoms with Crippen LogP contribution in [0.15, 0.2) is 0 Å². The number of hydrogen-bond acceptors (Lipinski definition) is 4. The molecule has 2 fully saturated rings. The molecule has 2 amide bonds. The normalized spacial score (nSPS) is 31.2. The second kappa shape index (κ2) is 7.72. The SMILES string of the molecule is CCC[C@@H]1C[C@H](NC(=O)OC(C)(C)C)CC[C@@H]1N1CC[C@H](N)C1=O. The molecule has 1 saturated carbocycles. The molecule has 6 nitrogen and oxygen atoms in total. The minimum Gasteiger partial charge on any atom is -0.444 e. The van der Waals surface area contributed by atoms with Crippen LogP contribution in [0.4, 0.5) is 4.79 Å². The number of amides is 2. The molecule has 6 heteroatoms. The Balaban J connectivity index is 1.95. The lowest BCUT2D eigenvalue weighted by atomic mass is 9.78. The van der Waals surface area contributed by atoms with Gasteiger partial charge in [-0.3, -0.25) is 4.79 Å². The number of nitrogens with one attached hydrogen (secondary N) is 1. The second-order valence-electron chi connectivity index (χ2n) is 8.20. The van der Waals surface area contributed by atoms with Crippen molar-refractivity contribution in [3.63, 3.8) is 0 Å². The van der Waals surface area contributed by atoms with Crippen molar-refractivity contribution in [1.29, 1.82) is 0 Å². The van der Waals surface area contributed by atoms with Gasteiger partial charge in [0.05, 0.1) is 6.04 Å². The van der Waals surface area contributed by atoms with Gasteiger partial charge in [0.15, 0.2) is 0 Å². The lowest BCUT2D eigenvalue weighted by Crippen LogP contribution is -2.51. The van der Waals surface area contributed by atoms with Crippen LogP contribution in [0.1, 0.15) is 66.2 Å². The van der Waals surface area contributed by atoms with Crippen LogP contribution in [0.2, 0.25) is 0 Å². The molecule has 24 heavy (non-hydrogen) atoms. The molecule has 1 heterocycles. The van der Waals surface area contributed by atoms with Gasteiger partial charge >= 0.3 is 6.09 Å². The average molecular weight is 339 g/mol. The van der Waals surface area contributed by atoms with Crippen LogP contribution in [0.25, 0.3) is 0 Å². The Morgan fingerprint density at radius 1 is 1.33 bits per heavy atom. The maximum absolute atomic E-state index is 12.3. The minimum absolute atomic E-state index is 0.0969. The fourth-order valence-corrected chi connectivity index (χ4v) is 4.00. The third kappa shape index (κ3) is 4.85. The number of nitrogens with zero attached hydrogens (tertiary/aromatic N) is 1. The Bertz CT molecular complexity index is 461. The first-order valence-electron chi connectivity index (χ1n) is 9.27. The molecule has 0 unspecified atom stereocenters. The first-order valence-corrected chi connectivity index (χ1v) is 9.27. The summed E-state index contributed by atoms with van der Waals surface area (Å²) < 4.78 is 5.36. The quantitative estimate of drug-likeness (QED) is 0.824. The molecule has 0 bridgehead atoms. The molecule has 1 aliphatic carbocycles. The summed E-state index contributed by atoms with van der Waals surface area (Å²) in [4.78, 5) is 26.3. The van der Waals surface area contributed by atoms with Crippen LogP contribution < -0.4 is 11.1 Å². The average Bonchev–Trinajstić information content (AvgIpc) is 2.78. The first kappa shape index (κ1) is 19.0. The van der Waals surface area contributed by atoms with Crippen LogP contribution in [0.3, 0.4) is 0 Å². The van der Waals surface area contributed by atoms with Crippen LogP contribution in [-0.4, -0.2) is 47.2 Å². The number of alkyl carbamates (subject to hydrolysis) is 1. The van der Waals surface area contributed by atoms with Crippen molar-refractivity contribution < 1.29 is 14.3 Å². The number of carbonyl (C=O) groups is 2. The zero-order valence-corrected chi connectivity index (χ0v) is 15.5. The molecule has 2 rings (SSSR count). The summed E-state index contributed by atoms with van der Waals surface area (Å²) in [6, 6.07) is 0.0617. The first-order chi connectivity index (χ1) is 11.2. The zero-order valence-electron chi connectivity index (χ0n) is 15.5. The minimum atomic E-state index is -0.484. The lowest BCUT2D eigenvalue weighted by Gasteiger charge is -2.41. The van der Waals surface area contributed by atoms with E-state index in [4.69, 9.17) is 10.5 Å². The summed E-state index contributed by atoms with van der Waals surface area (Å²) in [5.74, 6) is 0.512. The van der Waals surface area contributed by atoms with Gasteiger partial charge < -0.3 is 20.7 Å². The van der Waals surface area contributed by atoms with Gasteiger partial charge in [0, 0.05) is 18.6 Å². The molecular formula is C18H33N3O3. The number of rotatable bonds is 4. The largest absolute Gasteiger partial charge is 0.444 e. The summed E-state index contributed by atoms with van der Waals surface area (Å²) >= 11 is 0. The molecule has 0 aromatic heterocycles. The van der Waals surface area contributed by atoms with Crippen LogP contribution >= 0.6 is 0 Å². The standard InChI is InChI=1S/C18H33N3O3/c1-5-6-12-11-13(20-17(23)24-18(2,3)4)7-8-15(12)21-10-9-14(19)16(21)22/h12-15H,5-11,19H2,1-4H3,(H,20,23)/t12-,13-,14+,15+/m1/s1. The van der Waals surface area contributed by atoms with E-state index in [-0.39, 0.29) is 30.1 Å². The molecule has 4 atom stereocenters. The monoisotopic (exact) mass is 339 g/mol. The Hall–Kier alpha value is -1.30. The summed E-state index contributed by atoms with van der Waals surface area (Å²) in [5.41, 5.74) is 5.40. The second-order valence-corrected chi connectivity index (χ2v) is 8.20. The Kier molecular flexibility index (Phi) is 6.12. The van der Waals surface area contributed by atoms with Crippen molar-refractivity contribution in [3.05, 3.63) is 0 Å². The molecule has 0 radical (unpaired) electrons. The van der Waals surface area contributed by atoms with Crippen molar-refractivity contribution in [3.8, 4) is 0 Å². The number of hydrogen-bond donors (Lipinski definition) is 2. The maximum atomic E-state index is 12.3. The van der Waals surface area contributed by atoms with Crippen LogP contribution in [0, 0.1) is 5.92 Å². The predicted octanol–water partition coefficient (Wildman–Crippen LogP) is 2.41. The van der Waals surface area contributed by atoms with E-state index in [1.807, 2.05) is 25.7 Å². The number of likely N-dealkylation sites (tertiary alicyclic amines) is 1. The highest BCUT2D eigenvalue weighted by Gasteiger charge is 2.40. The molecule has 2 aliphatic rings. The molecule has 3 N–H and O–H groups in total. The molecule has 1 saturated heterocycles. The van der Waals surface area contributed by atoms with Crippen LogP contribution in [0.5, 0.6) is 0 Å². The number of carbonyl (C=O) groups excluding carboxylic acids is 2. The fourth-order valence-electron chi connectivity index (χ4n) is 4.00. The molecular weight excluding hydrogens is 306 g/mol. The molecule has 1 aliphatic heterocycles. The van der Waals surface area contributed by atoms with E-state index >= 15 is 0 Å². The lowest BCUT2D eigenvalue weighted by molar-refractivity contribution is -0.132. The third-order valence-corrected chi connectivity index (χ3v) is 5.00. The van der Waals surface area contributed by atoms with Crippen molar-refractivity contribution in [2.24, 2.45) is 11.7 Å².